The first-order chi connectivity index (χ1) is 12.4. The van der Waals surface area contributed by atoms with E-state index in [1.165, 1.54) is 12.3 Å². The summed E-state index contributed by atoms with van der Waals surface area (Å²) >= 11 is 0. The number of amides is 3. The van der Waals surface area contributed by atoms with Gasteiger partial charge in [0.05, 0.1) is 6.26 Å². The van der Waals surface area contributed by atoms with Gasteiger partial charge in [-0.05, 0) is 35.7 Å². The fraction of sp³-hybridized carbons (Fsp3) is 0.316. The molecule has 0 aliphatic carbocycles. The van der Waals surface area contributed by atoms with Gasteiger partial charge in [-0.3, -0.25) is 14.4 Å². The molecule has 2 rings (SSSR count). The highest BCUT2D eigenvalue weighted by Crippen LogP contribution is 2.08. The standard InChI is InChI=1S/C19H23N3O4/c1-12(2)16(22-18(24)15-8-5-9-26-15)19(25)21-11-13-6-4-7-14(10-13)17(23)20-3/h4-10,12,16H,11H2,1-3H3,(H,20,23)(H,21,25)(H,22,24). The lowest BCUT2D eigenvalue weighted by molar-refractivity contribution is -0.124. The number of hydrogen-bond donors (Lipinski definition) is 3. The van der Waals surface area contributed by atoms with Crippen LogP contribution in [0.2, 0.25) is 0 Å². The number of hydrogen-bond acceptors (Lipinski definition) is 4. The topological polar surface area (TPSA) is 100 Å². The highest BCUT2D eigenvalue weighted by atomic mass is 16.3. The Kier molecular flexibility index (Phi) is 6.54. The quantitative estimate of drug-likeness (QED) is 0.702. The molecule has 0 radical (unpaired) electrons. The first kappa shape index (κ1) is 19.2. The minimum absolute atomic E-state index is 0.105. The van der Waals surface area contributed by atoms with Gasteiger partial charge in [0, 0.05) is 19.2 Å². The largest absolute Gasteiger partial charge is 0.459 e. The van der Waals surface area contributed by atoms with E-state index in [0.29, 0.717) is 5.56 Å². The van der Waals surface area contributed by atoms with Gasteiger partial charge in [-0.1, -0.05) is 26.0 Å². The van der Waals surface area contributed by atoms with Gasteiger partial charge in [0.25, 0.3) is 11.8 Å². The molecule has 7 heteroatoms. The SMILES string of the molecule is CNC(=O)c1cccc(CNC(=O)C(NC(=O)c2ccco2)C(C)C)c1. The number of furan rings is 1. The second-order valence-electron chi connectivity index (χ2n) is 6.17. The van der Waals surface area contributed by atoms with Crippen molar-refractivity contribution in [2.24, 2.45) is 5.92 Å². The molecule has 0 bridgehead atoms. The predicted octanol–water partition coefficient (Wildman–Crippen LogP) is 1.71. The zero-order valence-corrected chi connectivity index (χ0v) is 15.0. The summed E-state index contributed by atoms with van der Waals surface area (Å²) in [5.41, 5.74) is 1.31. The molecule has 0 saturated heterocycles. The van der Waals surface area contributed by atoms with Gasteiger partial charge < -0.3 is 20.4 Å². The van der Waals surface area contributed by atoms with Crippen LogP contribution in [0, 0.1) is 5.92 Å². The maximum absolute atomic E-state index is 12.5. The van der Waals surface area contributed by atoms with E-state index in [1.54, 1.807) is 31.3 Å². The lowest BCUT2D eigenvalue weighted by atomic mass is 10.0. The molecule has 1 aromatic carbocycles. The molecular formula is C19H23N3O4. The summed E-state index contributed by atoms with van der Waals surface area (Å²) in [5, 5.41) is 8.04. The summed E-state index contributed by atoms with van der Waals surface area (Å²) < 4.78 is 5.05. The zero-order valence-electron chi connectivity index (χ0n) is 15.0. The highest BCUT2D eigenvalue weighted by molar-refractivity contribution is 5.95. The van der Waals surface area contributed by atoms with Crippen molar-refractivity contribution in [1.29, 1.82) is 0 Å². The molecular weight excluding hydrogens is 334 g/mol. The van der Waals surface area contributed by atoms with E-state index in [-0.39, 0.29) is 30.0 Å². The van der Waals surface area contributed by atoms with Crippen molar-refractivity contribution in [1.82, 2.24) is 16.0 Å². The van der Waals surface area contributed by atoms with Crippen molar-refractivity contribution in [3.05, 3.63) is 59.5 Å². The molecule has 1 aromatic heterocycles. The minimum atomic E-state index is -0.699. The number of carbonyl (C=O) groups is 3. The van der Waals surface area contributed by atoms with E-state index in [2.05, 4.69) is 16.0 Å². The van der Waals surface area contributed by atoms with Gasteiger partial charge in [0.2, 0.25) is 5.91 Å². The average Bonchev–Trinajstić information content (AvgIpc) is 3.18. The highest BCUT2D eigenvalue weighted by Gasteiger charge is 2.25. The molecule has 0 aliphatic rings. The molecule has 0 aliphatic heterocycles. The maximum Gasteiger partial charge on any atom is 0.287 e. The Labute approximate surface area is 152 Å². The Hall–Kier alpha value is -3.09. The molecule has 26 heavy (non-hydrogen) atoms. The molecule has 7 nitrogen and oxygen atoms in total. The van der Waals surface area contributed by atoms with Gasteiger partial charge in [0.1, 0.15) is 6.04 Å². The Balaban J connectivity index is 1.99. The molecule has 3 amide bonds. The lowest BCUT2D eigenvalue weighted by Crippen LogP contribution is -2.49. The van der Waals surface area contributed by atoms with Crippen molar-refractivity contribution < 1.29 is 18.8 Å². The minimum Gasteiger partial charge on any atom is -0.459 e. The van der Waals surface area contributed by atoms with Crippen LogP contribution in [0.25, 0.3) is 0 Å². The number of nitrogens with one attached hydrogen (secondary N) is 3. The van der Waals surface area contributed by atoms with Gasteiger partial charge >= 0.3 is 0 Å². The summed E-state index contributed by atoms with van der Waals surface area (Å²) in [5.74, 6) is -0.882. The Morgan fingerprint density at radius 1 is 1.08 bits per heavy atom. The number of benzene rings is 1. The van der Waals surface area contributed by atoms with Crippen molar-refractivity contribution >= 4 is 17.7 Å². The monoisotopic (exact) mass is 357 g/mol. The number of rotatable bonds is 7. The third-order valence-electron chi connectivity index (χ3n) is 3.86. The smallest absolute Gasteiger partial charge is 0.287 e. The van der Waals surface area contributed by atoms with Gasteiger partial charge in [-0.25, -0.2) is 0 Å². The van der Waals surface area contributed by atoms with Gasteiger partial charge in [0.15, 0.2) is 5.76 Å². The second kappa shape index (κ2) is 8.84. The fourth-order valence-electron chi connectivity index (χ4n) is 2.42. The van der Waals surface area contributed by atoms with Crippen molar-refractivity contribution in [3.8, 4) is 0 Å². The summed E-state index contributed by atoms with van der Waals surface area (Å²) in [6, 6.07) is 9.43. The van der Waals surface area contributed by atoms with Crippen LogP contribution in [0.3, 0.4) is 0 Å². The molecule has 3 N–H and O–H groups in total. The third kappa shape index (κ3) is 4.95. The molecule has 0 fully saturated rings. The fourth-order valence-corrected chi connectivity index (χ4v) is 2.42. The molecule has 0 saturated carbocycles. The van der Waals surface area contributed by atoms with E-state index in [1.807, 2.05) is 19.9 Å². The maximum atomic E-state index is 12.5. The van der Waals surface area contributed by atoms with Crippen LogP contribution >= 0.6 is 0 Å². The van der Waals surface area contributed by atoms with Crippen LogP contribution in [-0.4, -0.2) is 30.8 Å². The molecule has 138 valence electrons. The Morgan fingerprint density at radius 2 is 1.85 bits per heavy atom. The van der Waals surface area contributed by atoms with Crippen LogP contribution < -0.4 is 16.0 Å². The van der Waals surface area contributed by atoms with Gasteiger partial charge in [-0.2, -0.15) is 0 Å². The molecule has 1 heterocycles. The molecule has 1 unspecified atom stereocenters. The van der Waals surface area contributed by atoms with Crippen LogP contribution in [0.4, 0.5) is 0 Å². The van der Waals surface area contributed by atoms with E-state index in [0.717, 1.165) is 5.56 Å². The van der Waals surface area contributed by atoms with Crippen LogP contribution in [0.1, 0.15) is 40.3 Å². The summed E-state index contributed by atoms with van der Waals surface area (Å²) in [4.78, 5) is 36.3. The summed E-state index contributed by atoms with van der Waals surface area (Å²) in [6.45, 7) is 3.95. The average molecular weight is 357 g/mol. The third-order valence-corrected chi connectivity index (χ3v) is 3.86. The molecule has 0 spiro atoms. The summed E-state index contributed by atoms with van der Waals surface area (Å²) in [6.07, 6.45) is 1.40. The van der Waals surface area contributed by atoms with Crippen molar-refractivity contribution in [2.75, 3.05) is 7.05 Å². The van der Waals surface area contributed by atoms with Crippen molar-refractivity contribution in [3.63, 3.8) is 0 Å². The van der Waals surface area contributed by atoms with E-state index >= 15 is 0 Å². The van der Waals surface area contributed by atoms with Crippen LogP contribution in [0.5, 0.6) is 0 Å². The zero-order chi connectivity index (χ0) is 19.1. The first-order valence-electron chi connectivity index (χ1n) is 8.35. The van der Waals surface area contributed by atoms with Crippen LogP contribution in [0.15, 0.2) is 47.1 Å². The lowest BCUT2D eigenvalue weighted by Gasteiger charge is -2.21. The number of carbonyl (C=O) groups excluding carboxylic acids is 3. The van der Waals surface area contributed by atoms with E-state index < -0.39 is 11.9 Å². The molecule has 1 atom stereocenters. The van der Waals surface area contributed by atoms with Crippen LogP contribution in [-0.2, 0) is 11.3 Å². The van der Waals surface area contributed by atoms with Crippen molar-refractivity contribution in [2.45, 2.75) is 26.4 Å². The summed E-state index contributed by atoms with van der Waals surface area (Å²) in [7, 11) is 1.56. The second-order valence-corrected chi connectivity index (χ2v) is 6.17. The van der Waals surface area contributed by atoms with E-state index in [4.69, 9.17) is 4.42 Å². The van der Waals surface area contributed by atoms with E-state index in [9.17, 15) is 14.4 Å². The Bertz CT molecular complexity index is 769. The normalized spacial score (nSPS) is 11.7. The molecule has 2 aromatic rings. The van der Waals surface area contributed by atoms with Gasteiger partial charge in [-0.15, -0.1) is 0 Å². The Morgan fingerprint density at radius 3 is 2.46 bits per heavy atom. The first-order valence-corrected chi connectivity index (χ1v) is 8.35. The predicted molar refractivity (Wildman–Crippen MR) is 96.5 cm³/mol.